The zero-order valence-corrected chi connectivity index (χ0v) is 8.13. The number of hydrogen-bond donors (Lipinski definition) is 0. The molecule has 12 heavy (non-hydrogen) atoms. The van der Waals surface area contributed by atoms with Crippen molar-refractivity contribution < 1.29 is 14.3 Å². The molecule has 72 valence electrons. The fourth-order valence-electron chi connectivity index (χ4n) is 0.883. The van der Waals surface area contributed by atoms with Gasteiger partial charge in [0, 0.05) is 13.0 Å². The average molecular weight is 174 g/mol. The molecule has 1 atom stereocenters. The first-order valence-electron chi connectivity index (χ1n) is 4.39. The van der Waals surface area contributed by atoms with Crippen molar-refractivity contribution in [1.29, 1.82) is 0 Å². The van der Waals surface area contributed by atoms with Crippen LogP contribution in [-0.4, -0.2) is 25.8 Å². The van der Waals surface area contributed by atoms with Crippen molar-refractivity contribution in [2.75, 3.05) is 13.7 Å². The lowest BCUT2D eigenvalue weighted by Crippen LogP contribution is -1.94. The van der Waals surface area contributed by atoms with Gasteiger partial charge >= 0.3 is 5.97 Å². The molecule has 0 bridgehead atoms. The third-order valence-corrected chi connectivity index (χ3v) is 1.67. The molecule has 1 rings (SSSR count). The third-order valence-electron chi connectivity index (χ3n) is 1.67. The van der Waals surface area contributed by atoms with Gasteiger partial charge in [-0.3, -0.25) is 4.79 Å². The van der Waals surface area contributed by atoms with Crippen LogP contribution >= 0.6 is 0 Å². The highest BCUT2D eigenvalue weighted by molar-refractivity contribution is 5.68. The largest absolute Gasteiger partial charge is 0.469 e. The standard InChI is InChI=1S/C5H10O.C4H8O2/c1-5-3-2-4-6-5;1-3-4(5)6-2/h5H,2-4H2,1H3;3H2,1-2H3. The van der Waals surface area contributed by atoms with Crippen LogP contribution in [0.1, 0.15) is 33.1 Å². The molecule has 0 aromatic heterocycles. The third kappa shape index (κ3) is 6.16. The number of esters is 1. The smallest absolute Gasteiger partial charge is 0.305 e. The predicted molar refractivity (Wildman–Crippen MR) is 47.0 cm³/mol. The van der Waals surface area contributed by atoms with Crippen LogP contribution in [0.15, 0.2) is 0 Å². The first-order valence-corrected chi connectivity index (χ1v) is 4.39. The van der Waals surface area contributed by atoms with Gasteiger partial charge in [-0.15, -0.1) is 0 Å². The Morgan fingerprint density at radius 2 is 2.33 bits per heavy atom. The molecular formula is C9H18O3. The molecule has 3 heteroatoms. The normalized spacial score (nSPS) is 21.1. The van der Waals surface area contributed by atoms with Crippen LogP contribution in [0.4, 0.5) is 0 Å². The number of ether oxygens (including phenoxy) is 2. The first-order chi connectivity index (χ1) is 5.70. The lowest BCUT2D eigenvalue weighted by molar-refractivity contribution is -0.140. The molecule has 0 radical (unpaired) electrons. The Bertz CT molecular complexity index is 111. The van der Waals surface area contributed by atoms with E-state index in [0.29, 0.717) is 12.5 Å². The van der Waals surface area contributed by atoms with E-state index in [2.05, 4.69) is 11.7 Å². The maximum atomic E-state index is 9.96. The van der Waals surface area contributed by atoms with Crippen LogP contribution in [-0.2, 0) is 14.3 Å². The quantitative estimate of drug-likeness (QED) is 0.568. The fourth-order valence-corrected chi connectivity index (χ4v) is 0.883. The van der Waals surface area contributed by atoms with Crippen molar-refractivity contribution in [1.82, 2.24) is 0 Å². The molecule has 1 heterocycles. The van der Waals surface area contributed by atoms with Gasteiger partial charge in [-0.05, 0) is 19.8 Å². The van der Waals surface area contributed by atoms with E-state index in [9.17, 15) is 4.79 Å². The number of rotatable bonds is 1. The summed E-state index contributed by atoms with van der Waals surface area (Å²) in [5.41, 5.74) is 0. The summed E-state index contributed by atoms with van der Waals surface area (Å²) in [5.74, 6) is -0.157. The van der Waals surface area contributed by atoms with Crippen LogP contribution in [0, 0.1) is 0 Å². The summed E-state index contributed by atoms with van der Waals surface area (Å²) in [7, 11) is 1.38. The zero-order valence-electron chi connectivity index (χ0n) is 8.13. The van der Waals surface area contributed by atoms with Gasteiger partial charge in [-0.25, -0.2) is 0 Å². The van der Waals surface area contributed by atoms with E-state index >= 15 is 0 Å². The van der Waals surface area contributed by atoms with Crippen molar-refractivity contribution in [3.63, 3.8) is 0 Å². The van der Waals surface area contributed by atoms with Crippen LogP contribution in [0.5, 0.6) is 0 Å². The maximum Gasteiger partial charge on any atom is 0.305 e. The number of methoxy groups -OCH3 is 1. The molecule has 1 aliphatic rings. The summed E-state index contributed by atoms with van der Waals surface area (Å²) < 4.78 is 9.41. The minimum Gasteiger partial charge on any atom is -0.469 e. The molecule has 0 aliphatic carbocycles. The van der Waals surface area contributed by atoms with Crippen LogP contribution in [0.25, 0.3) is 0 Å². The lowest BCUT2D eigenvalue weighted by Gasteiger charge is -1.94. The summed E-state index contributed by atoms with van der Waals surface area (Å²) in [6, 6.07) is 0. The van der Waals surface area contributed by atoms with Crippen LogP contribution in [0.2, 0.25) is 0 Å². The number of hydrogen-bond acceptors (Lipinski definition) is 3. The lowest BCUT2D eigenvalue weighted by atomic mass is 10.3. The highest BCUT2D eigenvalue weighted by atomic mass is 16.5. The molecule has 0 spiro atoms. The first kappa shape index (κ1) is 11.4. The summed E-state index contributed by atoms with van der Waals surface area (Å²) in [6.07, 6.45) is 3.54. The molecule has 1 saturated heterocycles. The molecule has 1 unspecified atom stereocenters. The molecule has 0 saturated carbocycles. The molecular weight excluding hydrogens is 156 g/mol. The van der Waals surface area contributed by atoms with Gasteiger partial charge < -0.3 is 9.47 Å². The minimum atomic E-state index is -0.157. The average Bonchev–Trinajstić information content (AvgIpc) is 2.55. The van der Waals surface area contributed by atoms with E-state index in [-0.39, 0.29) is 5.97 Å². The van der Waals surface area contributed by atoms with Gasteiger partial charge in [-0.1, -0.05) is 6.92 Å². The van der Waals surface area contributed by atoms with E-state index in [1.54, 1.807) is 6.92 Å². The van der Waals surface area contributed by atoms with E-state index in [4.69, 9.17) is 4.74 Å². The Kier molecular flexibility index (Phi) is 6.76. The van der Waals surface area contributed by atoms with Gasteiger partial charge in [0.05, 0.1) is 13.2 Å². The Hall–Kier alpha value is -0.570. The Balaban J connectivity index is 0.000000202. The van der Waals surface area contributed by atoms with Crippen molar-refractivity contribution in [2.45, 2.75) is 39.2 Å². The summed E-state index contributed by atoms with van der Waals surface area (Å²) >= 11 is 0. The van der Waals surface area contributed by atoms with E-state index in [1.165, 1.54) is 20.0 Å². The zero-order chi connectivity index (χ0) is 9.40. The highest BCUT2D eigenvalue weighted by Gasteiger charge is 2.07. The molecule has 1 aliphatic heterocycles. The second kappa shape index (κ2) is 7.10. The van der Waals surface area contributed by atoms with Crippen molar-refractivity contribution in [3.8, 4) is 0 Å². The number of carbonyl (C=O) groups excluding carboxylic acids is 1. The summed E-state index contributed by atoms with van der Waals surface area (Å²) in [6.45, 7) is 4.86. The molecule has 0 aromatic carbocycles. The maximum absolute atomic E-state index is 9.96. The Labute approximate surface area is 74.0 Å². The van der Waals surface area contributed by atoms with E-state index in [0.717, 1.165) is 6.61 Å². The Morgan fingerprint density at radius 3 is 2.42 bits per heavy atom. The molecule has 0 amide bonds. The van der Waals surface area contributed by atoms with Gasteiger partial charge in [-0.2, -0.15) is 0 Å². The van der Waals surface area contributed by atoms with Crippen molar-refractivity contribution in [2.24, 2.45) is 0 Å². The molecule has 1 fully saturated rings. The summed E-state index contributed by atoms with van der Waals surface area (Å²) in [4.78, 5) is 9.96. The van der Waals surface area contributed by atoms with E-state index < -0.39 is 0 Å². The second-order valence-corrected chi connectivity index (χ2v) is 2.75. The van der Waals surface area contributed by atoms with Gasteiger partial charge in [0.2, 0.25) is 0 Å². The number of carbonyl (C=O) groups is 1. The fraction of sp³-hybridized carbons (Fsp3) is 0.889. The van der Waals surface area contributed by atoms with Gasteiger partial charge in [0.1, 0.15) is 0 Å². The molecule has 0 N–H and O–H groups in total. The van der Waals surface area contributed by atoms with Crippen LogP contribution < -0.4 is 0 Å². The predicted octanol–water partition coefficient (Wildman–Crippen LogP) is 1.75. The van der Waals surface area contributed by atoms with Crippen LogP contribution in [0.3, 0.4) is 0 Å². The highest BCUT2D eigenvalue weighted by Crippen LogP contribution is 2.09. The second-order valence-electron chi connectivity index (χ2n) is 2.75. The van der Waals surface area contributed by atoms with E-state index in [1.807, 2.05) is 0 Å². The van der Waals surface area contributed by atoms with Crippen molar-refractivity contribution >= 4 is 5.97 Å². The van der Waals surface area contributed by atoms with Crippen molar-refractivity contribution in [3.05, 3.63) is 0 Å². The minimum absolute atomic E-state index is 0.157. The molecule has 0 aromatic rings. The SMILES string of the molecule is CC1CCCO1.CCC(=O)OC. The van der Waals surface area contributed by atoms with Gasteiger partial charge in [0.25, 0.3) is 0 Å². The molecule has 3 nitrogen and oxygen atoms in total. The Morgan fingerprint density at radius 1 is 1.67 bits per heavy atom. The summed E-state index contributed by atoms with van der Waals surface area (Å²) in [5, 5.41) is 0. The topological polar surface area (TPSA) is 35.5 Å². The van der Waals surface area contributed by atoms with Gasteiger partial charge in [0.15, 0.2) is 0 Å². The monoisotopic (exact) mass is 174 g/mol.